The number of aromatic amines is 1. The molecule has 3 aromatic rings. The van der Waals surface area contributed by atoms with E-state index in [-0.39, 0.29) is 5.56 Å². The average molecular weight is 434 g/mol. The second-order valence-electron chi connectivity index (χ2n) is 8.63. The van der Waals surface area contributed by atoms with Gasteiger partial charge in [0, 0.05) is 18.2 Å². The van der Waals surface area contributed by atoms with Crippen LogP contribution in [-0.2, 0) is 13.0 Å². The highest BCUT2D eigenvalue weighted by Crippen LogP contribution is 2.26. The average Bonchev–Trinajstić information content (AvgIpc) is 3.30. The lowest BCUT2D eigenvalue weighted by atomic mass is 10.0. The first kappa shape index (κ1) is 21.6. The van der Waals surface area contributed by atoms with E-state index in [1.54, 1.807) is 0 Å². The number of thiocarbonyl (C=S) groups is 1. The van der Waals surface area contributed by atoms with Crippen molar-refractivity contribution in [3.63, 3.8) is 0 Å². The largest absolute Gasteiger partial charge is 0.362 e. The van der Waals surface area contributed by atoms with Crippen LogP contribution in [0.15, 0.2) is 53.3 Å². The quantitative estimate of drug-likeness (QED) is 0.537. The molecule has 1 fully saturated rings. The van der Waals surface area contributed by atoms with Gasteiger partial charge in [-0.25, -0.2) is 0 Å². The molecule has 0 saturated heterocycles. The van der Waals surface area contributed by atoms with Crippen molar-refractivity contribution in [1.29, 1.82) is 0 Å². The third kappa shape index (κ3) is 4.99. The summed E-state index contributed by atoms with van der Waals surface area (Å²) in [4.78, 5) is 18.3. The first-order valence-corrected chi connectivity index (χ1v) is 11.6. The van der Waals surface area contributed by atoms with Gasteiger partial charge in [0.15, 0.2) is 5.11 Å². The van der Waals surface area contributed by atoms with Crippen LogP contribution in [0, 0.1) is 13.8 Å². The van der Waals surface area contributed by atoms with Crippen molar-refractivity contribution >= 4 is 28.2 Å². The molecule has 0 radical (unpaired) electrons. The van der Waals surface area contributed by atoms with E-state index in [1.807, 2.05) is 12.1 Å². The van der Waals surface area contributed by atoms with Crippen molar-refractivity contribution in [2.45, 2.75) is 58.5 Å². The molecule has 0 unspecified atom stereocenters. The second-order valence-corrected chi connectivity index (χ2v) is 9.02. The maximum Gasteiger partial charge on any atom is 0.253 e. The third-order valence-electron chi connectivity index (χ3n) is 6.53. The molecule has 2 aromatic carbocycles. The lowest BCUT2D eigenvalue weighted by molar-refractivity contribution is 0.302. The molecule has 0 atom stereocenters. The summed E-state index contributed by atoms with van der Waals surface area (Å²) in [7, 11) is 0. The predicted molar refractivity (Wildman–Crippen MR) is 133 cm³/mol. The highest BCUT2D eigenvalue weighted by atomic mass is 32.1. The Morgan fingerprint density at radius 1 is 1.13 bits per heavy atom. The minimum Gasteiger partial charge on any atom is -0.362 e. The fraction of sp³-hybridized carbons (Fsp3) is 0.385. The van der Waals surface area contributed by atoms with Gasteiger partial charge in [-0.05, 0) is 73.5 Å². The highest BCUT2D eigenvalue weighted by Gasteiger charge is 2.25. The third-order valence-corrected chi connectivity index (χ3v) is 6.91. The molecule has 1 aliphatic rings. The van der Waals surface area contributed by atoms with Crippen LogP contribution in [0.4, 0.5) is 0 Å². The number of benzene rings is 2. The van der Waals surface area contributed by atoms with Crippen LogP contribution >= 0.6 is 12.2 Å². The van der Waals surface area contributed by atoms with Gasteiger partial charge >= 0.3 is 0 Å². The van der Waals surface area contributed by atoms with Gasteiger partial charge in [-0.3, -0.25) is 4.79 Å². The van der Waals surface area contributed by atoms with Gasteiger partial charge < -0.3 is 15.2 Å². The Kier molecular flexibility index (Phi) is 6.71. The molecular formula is C26H31N3OS. The molecular weight excluding hydrogens is 402 g/mol. The van der Waals surface area contributed by atoms with Crippen molar-refractivity contribution in [1.82, 2.24) is 15.2 Å². The topological polar surface area (TPSA) is 48.1 Å². The summed E-state index contributed by atoms with van der Waals surface area (Å²) < 4.78 is 0. The predicted octanol–water partition coefficient (Wildman–Crippen LogP) is 5.01. The number of fused-ring (bicyclic) bond motifs is 1. The number of pyridine rings is 1. The molecule has 2 N–H and O–H groups in total. The molecule has 5 heteroatoms. The Bertz CT molecular complexity index is 1120. The van der Waals surface area contributed by atoms with Gasteiger partial charge in [0.1, 0.15) is 0 Å². The molecule has 1 aliphatic carbocycles. The van der Waals surface area contributed by atoms with Crippen LogP contribution in [-0.4, -0.2) is 27.6 Å². The zero-order chi connectivity index (χ0) is 21.8. The molecule has 162 valence electrons. The summed E-state index contributed by atoms with van der Waals surface area (Å²) in [5.74, 6) is 0. The lowest BCUT2D eigenvalue weighted by Gasteiger charge is -2.31. The van der Waals surface area contributed by atoms with E-state index in [0.717, 1.165) is 52.9 Å². The number of aromatic nitrogens is 1. The van der Waals surface area contributed by atoms with Crippen molar-refractivity contribution in [3.05, 3.63) is 81.1 Å². The van der Waals surface area contributed by atoms with Gasteiger partial charge in [-0.2, -0.15) is 0 Å². The second kappa shape index (κ2) is 9.65. The Morgan fingerprint density at radius 3 is 2.61 bits per heavy atom. The minimum absolute atomic E-state index is 0.0173. The van der Waals surface area contributed by atoms with E-state index < -0.39 is 0 Å². The summed E-state index contributed by atoms with van der Waals surface area (Å²) in [5, 5.41) is 5.27. The molecule has 0 aliphatic heterocycles. The van der Waals surface area contributed by atoms with Crippen LogP contribution in [0.2, 0.25) is 0 Å². The van der Waals surface area contributed by atoms with Crippen molar-refractivity contribution in [2.75, 3.05) is 6.54 Å². The van der Waals surface area contributed by atoms with Gasteiger partial charge in [0.05, 0.1) is 12.1 Å². The molecule has 0 spiro atoms. The summed E-state index contributed by atoms with van der Waals surface area (Å²) in [5.41, 5.74) is 5.30. The van der Waals surface area contributed by atoms with Gasteiger partial charge in [-0.15, -0.1) is 0 Å². The standard InChI is InChI=1S/C26H31N3OS/c1-18-12-13-21-16-22(25(30)28-24(21)19(18)2)17-29(23-10-6-7-11-23)26(31)27-15-14-20-8-4-3-5-9-20/h3-5,8-9,12-13,16,23H,6-7,10-11,14-15,17H2,1-2H3,(H,27,31)(H,28,30). The first-order valence-electron chi connectivity index (χ1n) is 11.2. The number of H-pyrrole nitrogens is 1. The van der Waals surface area contributed by atoms with E-state index in [9.17, 15) is 4.79 Å². The number of hydrogen-bond donors (Lipinski definition) is 2. The molecule has 31 heavy (non-hydrogen) atoms. The summed E-state index contributed by atoms with van der Waals surface area (Å²) in [6, 6.07) is 17.1. The Labute approximate surface area is 189 Å². The summed E-state index contributed by atoms with van der Waals surface area (Å²) >= 11 is 5.81. The zero-order valence-corrected chi connectivity index (χ0v) is 19.2. The zero-order valence-electron chi connectivity index (χ0n) is 18.4. The SMILES string of the molecule is Cc1ccc2cc(CN(C(=S)NCCc3ccccc3)C3CCCC3)c(=O)[nH]c2c1C. The first-order chi connectivity index (χ1) is 15.0. The molecule has 0 amide bonds. The van der Waals surface area contributed by atoms with Crippen LogP contribution in [0.3, 0.4) is 0 Å². The Hall–Kier alpha value is -2.66. The fourth-order valence-corrected chi connectivity index (χ4v) is 4.83. The van der Waals surface area contributed by atoms with Crippen LogP contribution in [0.25, 0.3) is 10.9 Å². The van der Waals surface area contributed by atoms with E-state index in [1.165, 1.54) is 24.0 Å². The number of hydrogen-bond acceptors (Lipinski definition) is 2. The molecule has 1 aromatic heterocycles. The van der Waals surface area contributed by atoms with Gasteiger partial charge in [0.2, 0.25) is 0 Å². The van der Waals surface area contributed by atoms with Crippen molar-refractivity contribution < 1.29 is 0 Å². The van der Waals surface area contributed by atoms with Crippen molar-refractivity contribution in [3.8, 4) is 0 Å². The molecule has 4 rings (SSSR count). The van der Waals surface area contributed by atoms with Gasteiger partial charge in [-0.1, -0.05) is 55.3 Å². The normalized spacial score (nSPS) is 14.1. The Morgan fingerprint density at radius 2 is 1.87 bits per heavy atom. The lowest BCUT2D eigenvalue weighted by Crippen LogP contribution is -2.45. The van der Waals surface area contributed by atoms with Crippen LogP contribution < -0.4 is 10.9 Å². The molecule has 1 saturated carbocycles. The van der Waals surface area contributed by atoms with E-state index in [4.69, 9.17) is 12.2 Å². The minimum atomic E-state index is -0.0173. The van der Waals surface area contributed by atoms with E-state index in [0.29, 0.717) is 12.6 Å². The molecule has 0 bridgehead atoms. The molecule has 4 nitrogen and oxygen atoms in total. The highest BCUT2D eigenvalue weighted by molar-refractivity contribution is 7.80. The summed E-state index contributed by atoms with van der Waals surface area (Å²) in [6.07, 6.45) is 5.63. The Balaban J connectivity index is 1.52. The van der Waals surface area contributed by atoms with E-state index in [2.05, 4.69) is 65.4 Å². The van der Waals surface area contributed by atoms with E-state index >= 15 is 0 Å². The number of aryl methyl sites for hydroxylation is 2. The monoisotopic (exact) mass is 433 g/mol. The maximum absolute atomic E-state index is 12.9. The van der Waals surface area contributed by atoms with Crippen LogP contribution in [0.1, 0.15) is 47.9 Å². The molecule has 1 heterocycles. The smallest absolute Gasteiger partial charge is 0.253 e. The number of nitrogens with one attached hydrogen (secondary N) is 2. The van der Waals surface area contributed by atoms with Crippen molar-refractivity contribution in [2.24, 2.45) is 0 Å². The summed E-state index contributed by atoms with van der Waals surface area (Å²) in [6.45, 7) is 5.46. The maximum atomic E-state index is 12.9. The fourth-order valence-electron chi connectivity index (χ4n) is 4.51. The number of nitrogens with zero attached hydrogens (tertiary/aromatic N) is 1. The number of rotatable bonds is 6. The van der Waals surface area contributed by atoms with Crippen LogP contribution in [0.5, 0.6) is 0 Å². The van der Waals surface area contributed by atoms with Gasteiger partial charge in [0.25, 0.3) is 5.56 Å².